The maximum Gasteiger partial charge on any atom is 0.336 e. The van der Waals surface area contributed by atoms with Gasteiger partial charge in [0.05, 0.1) is 40.5 Å². The highest BCUT2D eigenvalue weighted by Gasteiger charge is 2.53. The molecule has 0 radical (unpaired) electrons. The van der Waals surface area contributed by atoms with Gasteiger partial charge >= 0.3 is 5.97 Å². The first-order chi connectivity index (χ1) is 17.3. The lowest BCUT2D eigenvalue weighted by molar-refractivity contribution is -0.138. The molecule has 1 amide bonds. The number of carbonyl (C=O) groups excluding carboxylic acids is 2. The van der Waals surface area contributed by atoms with Crippen LogP contribution in [0.3, 0.4) is 0 Å². The van der Waals surface area contributed by atoms with Crippen molar-refractivity contribution >= 4 is 35.0 Å². The van der Waals surface area contributed by atoms with Gasteiger partial charge in [0.1, 0.15) is 0 Å². The molecule has 192 valence electrons. The van der Waals surface area contributed by atoms with Crippen LogP contribution in [0.2, 0.25) is 0 Å². The zero-order valence-corrected chi connectivity index (χ0v) is 22.9. The fourth-order valence-corrected chi connectivity index (χ4v) is 9.27. The number of esters is 1. The molecule has 4 fully saturated rings. The summed E-state index contributed by atoms with van der Waals surface area (Å²) in [6.07, 6.45) is 7.92. The molecule has 4 aliphatic carbocycles. The number of allylic oxidation sites excluding steroid dienone is 2. The summed E-state index contributed by atoms with van der Waals surface area (Å²) in [4.78, 5) is 26.8. The molecule has 2 N–H and O–H groups in total. The number of nitriles is 1. The van der Waals surface area contributed by atoms with Crippen LogP contribution in [-0.2, 0) is 14.3 Å². The number of rotatable bonds is 8. The highest BCUT2D eigenvalue weighted by Crippen LogP contribution is 2.61. The molecular formula is C28H35N3O3S2. The molecule has 0 saturated heterocycles. The van der Waals surface area contributed by atoms with Crippen molar-refractivity contribution in [2.24, 2.45) is 23.2 Å². The minimum atomic E-state index is -0.494. The summed E-state index contributed by atoms with van der Waals surface area (Å²) in [5, 5.41) is 19.3. The maximum atomic E-state index is 13.1. The fraction of sp³-hybridized carbons (Fsp3) is 0.607. The molecule has 1 aromatic rings. The summed E-state index contributed by atoms with van der Waals surface area (Å²) in [5.74, 6) is 1.85. The summed E-state index contributed by atoms with van der Waals surface area (Å²) < 4.78 is 5.32. The SMILES string of the molecule is CCOC(=O)C1=C(C)NC(SCC(=O)N[C@H](C)C23CC4CC(CC(C4)C2)C3)=C(C#N)[C@@H]1c1cccs1. The predicted molar refractivity (Wildman–Crippen MR) is 143 cm³/mol. The van der Waals surface area contributed by atoms with Gasteiger partial charge < -0.3 is 15.4 Å². The largest absolute Gasteiger partial charge is 0.463 e. The van der Waals surface area contributed by atoms with Crippen LogP contribution in [0, 0.1) is 34.5 Å². The molecule has 8 heteroatoms. The van der Waals surface area contributed by atoms with Crippen molar-refractivity contribution in [1.29, 1.82) is 5.26 Å². The molecule has 4 bridgehead atoms. The van der Waals surface area contributed by atoms with E-state index in [9.17, 15) is 14.9 Å². The van der Waals surface area contributed by atoms with Crippen molar-refractivity contribution in [3.8, 4) is 6.07 Å². The third kappa shape index (κ3) is 4.72. The van der Waals surface area contributed by atoms with E-state index in [1.165, 1.54) is 61.6 Å². The number of hydrogen-bond donors (Lipinski definition) is 2. The number of nitrogens with one attached hydrogen (secondary N) is 2. The molecule has 0 spiro atoms. The maximum absolute atomic E-state index is 13.1. The van der Waals surface area contributed by atoms with Gasteiger partial charge in [0.2, 0.25) is 5.91 Å². The highest BCUT2D eigenvalue weighted by atomic mass is 32.2. The van der Waals surface area contributed by atoms with E-state index in [0.29, 0.717) is 21.9 Å². The second-order valence-electron chi connectivity index (χ2n) is 11.0. The van der Waals surface area contributed by atoms with Gasteiger partial charge in [-0.2, -0.15) is 5.26 Å². The van der Waals surface area contributed by atoms with Crippen LogP contribution in [0.15, 0.2) is 39.4 Å². The first-order valence-corrected chi connectivity index (χ1v) is 14.9. The normalized spacial score (nSPS) is 31.6. The lowest BCUT2D eigenvalue weighted by Gasteiger charge is -2.59. The van der Waals surface area contributed by atoms with E-state index >= 15 is 0 Å². The predicted octanol–water partition coefficient (Wildman–Crippen LogP) is 5.46. The van der Waals surface area contributed by atoms with Gasteiger partial charge in [-0.05, 0) is 93.9 Å². The minimum absolute atomic E-state index is 0.000307. The van der Waals surface area contributed by atoms with E-state index < -0.39 is 11.9 Å². The summed E-state index contributed by atoms with van der Waals surface area (Å²) in [7, 11) is 0. The summed E-state index contributed by atoms with van der Waals surface area (Å²) in [6.45, 7) is 6.06. The van der Waals surface area contributed by atoms with Crippen LogP contribution in [0.25, 0.3) is 0 Å². The lowest BCUT2D eigenvalue weighted by Crippen LogP contribution is -2.56. The molecule has 2 heterocycles. The third-order valence-electron chi connectivity index (χ3n) is 8.70. The van der Waals surface area contributed by atoms with Gasteiger partial charge in [0, 0.05) is 16.6 Å². The molecule has 2 atom stereocenters. The van der Waals surface area contributed by atoms with Gasteiger partial charge in [-0.1, -0.05) is 17.8 Å². The summed E-state index contributed by atoms with van der Waals surface area (Å²) in [5.41, 5.74) is 1.83. The lowest BCUT2D eigenvalue weighted by atomic mass is 9.48. The number of amides is 1. The molecule has 36 heavy (non-hydrogen) atoms. The Bertz CT molecular complexity index is 1100. The number of hydrogen-bond acceptors (Lipinski definition) is 7. The molecule has 5 aliphatic rings. The average molecular weight is 526 g/mol. The first kappa shape index (κ1) is 25.4. The van der Waals surface area contributed by atoms with E-state index in [2.05, 4.69) is 23.6 Å². The number of thiophene rings is 1. The van der Waals surface area contributed by atoms with Gasteiger partial charge in [-0.15, -0.1) is 11.3 Å². The second kappa shape index (κ2) is 10.3. The minimum Gasteiger partial charge on any atom is -0.463 e. The van der Waals surface area contributed by atoms with Gasteiger partial charge in [0.15, 0.2) is 0 Å². The summed E-state index contributed by atoms with van der Waals surface area (Å²) in [6, 6.07) is 6.34. The molecule has 0 unspecified atom stereocenters. The van der Waals surface area contributed by atoms with Gasteiger partial charge in [0.25, 0.3) is 0 Å². The zero-order chi connectivity index (χ0) is 25.4. The number of ether oxygens (including phenoxy) is 1. The van der Waals surface area contributed by atoms with Crippen molar-refractivity contribution in [2.75, 3.05) is 12.4 Å². The highest BCUT2D eigenvalue weighted by molar-refractivity contribution is 8.03. The van der Waals surface area contributed by atoms with Crippen molar-refractivity contribution in [2.45, 2.75) is 71.3 Å². The molecule has 6 rings (SSSR count). The van der Waals surface area contributed by atoms with E-state index in [0.717, 1.165) is 22.6 Å². The van der Waals surface area contributed by atoms with E-state index in [4.69, 9.17) is 4.74 Å². The topological polar surface area (TPSA) is 91.2 Å². The van der Waals surface area contributed by atoms with E-state index in [1.54, 1.807) is 6.92 Å². The molecule has 4 saturated carbocycles. The van der Waals surface area contributed by atoms with Crippen LogP contribution in [0.5, 0.6) is 0 Å². The Kier molecular flexibility index (Phi) is 7.24. The Morgan fingerprint density at radius 1 is 1.28 bits per heavy atom. The average Bonchev–Trinajstić information content (AvgIpc) is 3.36. The number of dihydropyridines is 1. The van der Waals surface area contributed by atoms with Gasteiger partial charge in [-0.3, -0.25) is 4.79 Å². The quantitative estimate of drug-likeness (QED) is 0.438. The van der Waals surface area contributed by atoms with Crippen LogP contribution < -0.4 is 10.6 Å². The molecular weight excluding hydrogens is 490 g/mol. The van der Waals surface area contributed by atoms with Gasteiger partial charge in [-0.25, -0.2) is 4.79 Å². The fourth-order valence-electron chi connectivity index (χ4n) is 7.53. The smallest absolute Gasteiger partial charge is 0.336 e. The first-order valence-electron chi connectivity index (χ1n) is 13.1. The molecule has 1 aliphatic heterocycles. The van der Waals surface area contributed by atoms with Crippen molar-refractivity contribution < 1.29 is 14.3 Å². The Balaban J connectivity index is 1.29. The van der Waals surface area contributed by atoms with E-state index in [1.807, 2.05) is 24.4 Å². The Morgan fingerprint density at radius 2 is 1.94 bits per heavy atom. The van der Waals surface area contributed by atoms with Crippen LogP contribution >= 0.6 is 23.1 Å². The second-order valence-corrected chi connectivity index (χ2v) is 13.0. The molecule has 6 nitrogen and oxygen atoms in total. The Morgan fingerprint density at radius 3 is 2.50 bits per heavy atom. The monoisotopic (exact) mass is 525 g/mol. The number of carbonyl (C=O) groups is 2. The Hall–Kier alpha value is -2.24. The van der Waals surface area contributed by atoms with E-state index in [-0.39, 0.29) is 29.7 Å². The number of nitrogens with zero attached hydrogens (tertiary/aromatic N) is 1. The van der Waals surface area contributed by atoms with Crippen molar-refractivity contribution in [3.63, 3.8) is 0 Å². The van der Waals surface area contributed by atoms with Crippen LogP contribution in [0.1, 0.15) is 70.1 Å². The zero-order valence-electron chi connectivity index (χ0n) is 21.3. The number of thioether (sulfide) groups is 1. The van der Waals surface area contributed by atoms with Crippen molar-refractivity contribution in [3.05, 3.63) is 44.3 Å². The molecule has 1 aromatic heterocycles. The third-order valence-corrected chi connectivity index (χ3v) is 10.7. The standard InChI is InChI=1S/C28H35N3O3S2/c1-4-34-27(33)24-16(2)30-26(21(14-29)25(24)22-6-5-7-35-22)36-15-23(32)31-17(3)28-11-18-8-19(12-28)10-20(9-18)13-28/h5-7,17-20,25,30H,4,8-13,15H2,1-3H3,(H,31,32)/t17-,18?,19?,20?,25-,28?/m1/s1. The molecule has 0 aromatic carbocycles. The van der Waals surface area contributed by atoms with Crippen molar-refractivity contribution in [1.82, 2.24) is 10.6 Å². The van der Waals surface area contributed by atoms with Crippen LogP contribution in [-0.4, -0.2) is 30.3 Å². The Labute approximate surface area is 221 Å². The summed E-state index contributed by atoms with van der Waals surface area (Å²) >= 11 is 2.85. The van der Waals surface area contributed by atoms with Crippen LogP contribution in [0.4, 0.5) is 0 Å².